The first kappa shape index (κ1) is 15.2. The molecule has 0 bridgehead atoms. The van der Waals surface area contributed by atoms with Gasteiger partial charge in [0.25, 0.3) is 0 Å². The van der Waals surface area contributed by atoms with Gasteiger partial charge in [-0.05, 0) is 18.9 Å². The molecule has 0 atom stereocenters. The lowest BCUT2D eigenvalue weighted by atomic mass is 10.1. The van der Waals surface area contributed by atoms with Crippen molar-refractivity contribution in [2.75, 3.05) is 17.2 Å². The minimum Gasteiger partial charge on any atom is -0.365 e. The second kappa shape index (κ2) is 8.19. The Morgan fingerprint density at radius 2 is 2.05 bits per heavy atom. The maximum Gasteiger partial charge on any atom is 0.244 e. The average molecular weight is 285 g/mol. The lowest BCUT2D eigenvalue weighted by Crippen LogP contribution is -2.09. The van der Waals surface area contributed by atoms with Gasteiger partial charge in [-0.15, -0.1) is 5.10 Å². The van der Waals surface area contributed by atoms with Gasteiger partial charge in [-0.25, -0.2) is 0 Å². The highest BCUT2D eigenvalue weighted by atomic mass is 15.3. The molecule has 2 rings (SSSR count). The summed E-state index contributed by atoms with van der Waals surface area (Å²) in [7, 11) is 0. The zero-order valence-corrected chi connectivity index (χ0v) is 12.8. The Morgan fingerprint density at radius 1 is 1.14 bits per heavy atom. The number of nitrogens with one attached hydrogen (secondary N) is 2. The van der Waals surface area contributed by atoms with Crippen LogP contribution in [-0.2, 0) is 6.54 Å². The number of rotatable bonds is 8. The van der Waals surface area contributed by atoms with Crippen LogP contribution in [0.2, 0.25) is 0 Å². The molecule has 2 aromatic rings. The van der Waals surface area contributed by atoms with E-state index in [2.05, 4.69) is 63.9 Å². The smallest absolute Gasteiger partial charge is 0.244 e. The fraction of sp³-hybridized carbons (Fsp3) is 0.438. The lowest BCUT2D eigenvalue weighted by Gasteiger charge is -2.08. The standard InChI is InChI=1S/C16H23N5/c1-3-4-5-9-17-16-20-15(12-19-21-16)18-11-14-8-6-7-13(2)10-14/h6-8,10,12H,3-5,9,11H2,1-2H3,(H2,17,18,20,21). The van der Waals surface area contributed by atoms with Crippen LogP contribution in [0.1, 0.15) is 37.3 Å². The van der Waals surface area contributed by atoms with Gasteiger partial charge in [0.1, 0.15) is 0 Å². The van der Waals surface area contributed by atoms with Crippen LogP contribution < -0.4 is 10.6 Å². The second-order valence-electron chi connectivity index (χ2n) is 5.14. The second-order valence-corrected chi connectivity index (χ2v) is 5.14. The molecule has 1 heterocycles. The summed E-state index contributed by atoms with van der Waals surface area (Å²) < 4.78 is 0. The molecule has 5 heteroatoms. The van der Waals surface area contributed by atoms with Crippen molar-refractivity contribution >= 4 is 11.8 Å². The maximum absolute atomic E-state index is 4.41. The highest BCUT2D eigenvalue weighted by Crippen LogP contribution is 2.08. The van der Waals surface area contributed by atoms with Crippen LogP contribution in [0.25, 0.3) is 0 Å². The summed E-state index contributed by atoms with van der Waals surface area (Å²) in [5.74, 6) is 1.32. The highest BCUT2D eigenvalue weighted by Gasteiger charge is 2.00. The molecule has 0 fully saturated rings. The van der Waals surface area contributed by atoms with E-state index < -0.39 is 0 Å². The van der Waals surface area contributed by atoms with E-state index in [1.54, 1.807) is 6.20 Å². The quantitative estimate of drug-likeness (QED) is 0.728. The SMILES string of the molecule is CCCCCNc1nncc(NCc2cccc(C)c2)n1. The number of aryl methyl sites for hydroxylation is 1. The zero-order valence-electron chi connectivity index (χ0n) is 12.8. The Morgan fingerprint density at radius 3 is 2.86 bits per heavy atom. The molecule has 0 saturated carbocycles. The minimum atomic E-state index is 0.584. The van der Waals surface area contributed by atoms with Gasteiger partial charge in [-0.2, -0.15) is 10.1 Å². The fourth-order valence-electron chi connectivity index (χ4n) is 2.05. The van der Waals surface area contributed by atoms with Crippen LogP contribution in [0.5, 0.6) is 0 Å². The van der Waals surface area contributed by atoms with E-state index in [9.17, 15) is 0 Å². The number of hydrogen-bond acceptors (Lipinski definition) is 5. The largest absolute Gasteiger partial charge is 0.365 e. The normalized spacial score (nSPS) is 10.4. The maximum atomic E-state index is 4.41. The van der Waals surface area contributed by atoms with Crippen molar-refractivity contribution in [1.29, 1.82) is 0 Å². The van der Waals surface area contributed by atoms with E-state index in [1.165, 1.54) is 24.0 Å². The van der Waals surface area contributed by atoms with Crippen LogP contribution in [0.15, 0.2) is 30.5 Å². The molecule has 0 spiro atoms. The van der Waals surface area contributed by atoms with Gasteiger partial charge in [0.2, 0.25) is 5.95 Å². The summed E-state index contributed by atoms with van der Waals surface area (Å²) in [5, 5.41) is 14.4. The molecule has 112 valence electrons. The highest BCUT2D eigenvalue weighted by molar-refractivity contribution is 5.38. The van der Waals surface area contributed by atoms with Gasteiger partial charge in [0.15, 0.2) is 5.82 Å². The van der Waals surface area contributed by atoms with Gasteiger partial charge in [0, 0.05) is 13.1 Å². The molecule has 0 unspecified atom stereocenters. The first-order valence-corrected chi connectivity index (χ1v) is 7.51. The monoisotopic (exact) mass is 285 g/mol. The van der Waals surface area contributed by atoms with Crippen molar-refractivity contribution in [2.24, 2.45) is 0 Å². The van der Waals surface area contributed by atoms with Crippen LogP contribution in [0.3, 0.4) is 0 Å². The number of anilines is 2. The van der Waals surface area contributed by atoms with E-state index in [0.717, 1.165) is 25.3 Å². The number of aromatic nitrogens is 3. The van der Waals surface area contributed by atoms with Crippen molar-refractivity contribution in [1.82, 2.24) is 15.2 Å². The van der Waals surface area contributed by atoms with E-state index in [4.69, 9.17) is 0 Å². The molecular formula is C16H23N5. The average Bonchev–Trinajstić information content (AvgIpc) is 2.50. The van der Waals surface area contributed by atoms with Gasteiger partial charge in [0.05, 0.1) is 6.20 Å². The van der Waals surface area contributed by atoms with Crippen LogP contribution in [-0.4, -0.2) is 21.7 Å². The molecule has 0 saturated heterocycles. The summed E-state index contributed by atoms with van der Waals surface area (Å²) in [6, 6.07) is 8.41. The van der Waals surface area contributed by atoms with Gasteiger partial charge in [-0.3, -0.25) is 0 Å². The third-order valence-electron chi connectivity index (χ3n) is 3.18. The Labute approximate surface area is 126 Å². The Bertz CT molecular complexity index is 556. The van der Waals surface area contributed by atoms with E-state index >= 15 is 0 Å². The number of hydrogen-bond donors (Lipinski definition) is 2. The van der Waals surface area contributed by atoms with Gasteiger partial charge in [-0.1, -0.05) is 49.6 Å². The predicted molar refractivity (Wildman–Crippen MR) is 86.3 cm³/mol. The fourth-order valence-corrected chi connectivity index (χ4v) is 2.05. The molecule has 0 aliphatic carbocycles. The third-order valence-corrected chi connectivity index (χ3v) is 3.18. The summed E-state index contributed by atoms with van der Waals surface area (Å²) >= 11 is 0. The molecule has 0 aliphatic heterocycles. The molecule has 21 heavy (non-hydrogen) atoms. The van der Waals surface area contributed by atoms with Crippen molar-refractivity contribution in [3.05, 3.63) is 41.6 Å². The van der Waals surface area contributed by atoms with Gasteiger partial charge < -0.3 is 10.6 Å². The molecular weight excluding hydrogens is 262 g/mol. The van der Waals surface area contributed by atoms with Crippen molar-refractivity contribution < 1.29 is 0 Å². The number of nitrogens with zero attached hydrogens (tertiary/aromatic N) is 3. The van der Waals surface area contributed by atoms with Gasteiger partial charge >= 0.3 is 0 Å². The number of unbranched alkanes of at least 4 members (excludes halogenated alkanes) is 2. The minimum absolute atomic E-state index is 0.584. The number of benzene rings is 1. The first-order valence-electron chi connectivity index (χ1n) is 7.51. The van der Waals surface area contributed by atoms with E-state index in [-0.39, 0.29) is 0 Å². The third kappa shape index (κ3) is 5.38. The molecule has 5 nitrogen and oxygen atoms in total. The summed E-state index contributed by atoms with van der Waals surface area (Å²) in [5.41, 5.74) is 2.49. The van der Waals surface area contributed by atoms with Crippen LogP contribution in [0.4, 0.5) is 11.8 Å². The molecule has 0 amide bonds. The Balaban J connectivity index is 1.86. The van der Waals surface area contributed by atoms with E-state index in [0.29, 0.717) is 5.95 Å². The van der Waals surface area contributed by atoms with Crippen LogP contribution in [0, 0.1) is 6.92 Å². The summed E-state index contributed by atoms with van der Waals surface area (Å²) in [6.07, 6.45) is 5.19. The van der Waals surface area contributed by atoms with Crippen molar-refractivity contribution in [3.63, 3.8) is 0 Å². The molecule has 1 aromatic heterocycles. The topological polar surface area (TPSA) is 62.7 Å². The molecule has 2 N–H and O–H groups in total. The van der Waals surface area contributed by atoms with Crippen molar-refractivity contribution in [2.45, 2.75) is 39.7 Å². The lowest BCUT2D eigenvalue weighted by molar-refractivity contribution is 0.738. The molecule has 0 aliphatic rings. The predicted octanol–water partition coefficient (Wildman–Crippen LogP) is 3.39. The summed E-state index contributed by atoms with van der Waals surface area (Å²) in [4.78, 5) is 4.41. The first-order chi connectivity index (χ1) is 10.3. The Kier molecular flexibility index (Phi) is 5.94. The Hall–Kier alpha value is -2.17. The van der Waals surface area contributed by atoms with Crippen molar-refractivity contribution in [3.8, 4) is 0 Å². The molecule has 0 radical (unpaired) electrons. The molecule has 1 aromatic carbocycles. The summed E-state index contributed by atoms with van der Waals surface area (Å²) in [6.45, 7) is 5.90. The zero-order chi connectivity index (χ0) is 14.9. The van der Waals surface area contributed by atoms with E-state index in [1.807, 2.05) is 0 Å². The van der Waals surface area contributed by atoms with Crippen LogP contribution >= 0.6 is 0 Å².